The Morgan fingerprint density at radius 3 is 2.39 bits per heavy atom. The van der Waals surface area contributed by atoms with Crippen molar-refractivity contribution in [3.63, 3.8) is 0 Å². The third-order valence-electron chi connectivity index (χ3n) is 4.36. The van der Waals surface area contributed by atoms with Gasteiger partial charge in [-0.15, -0.1) is 0 Å². The van der Waals surface area contributed by atoms with Crippen LogP contribution in [-0.2, 0) is 14.3 Å². The highest BCUT2D eigenvalue weighted by Crippen LogP contribution is 2.59. The number of carbonyl (C=O) groups excluding carboxylic acids is 2. The smallest absolute Gasteiger partial charge is 0.310 e. The summed E-state index contributed by atoms with van der Waals surface area (Å²) in [5.74, 6) is -0.583. The van der Waals surface area contributed by atoms with Crippen LogP contribution in [0.25, 0.3) is 0 Å². The normalized spacial score (nSPS) is 21.3. The Hall–Kier alpha value is -2.10. The molecule has 1 aromatic rings. The van der Waals surface area contributed by atoms with E-state index in [1.807, 2.05) is 45.0 Å². The number of carbonyl (C=O) groups is 2. The van der Waals surface area contributed by atoms with Gasteiger partial charge in [-0.1, -0.05) is 43.2 Å². The fourth-order valence-electron chi connectivity index (χ4n) is 2.86. The summed E-state index contributed by atoms with van der Waals surface area (Å²) in [7, 11) is 0. The fraction of sp³-hybridized carbons (Fsp3) is 0.474. The minimum Gasteiger partial charge on any atom is -0.455 e. The van der Waals surface area contributed by atoms with Gasteiger partial charge in [0.05, 0.1) is 5.92 Å². The van der Waals surface area contributed by atoms with Crippen molar-refractivity contribution < 1.29 is 14.3 Å². The van der Waals surface area contributed by atoms with Crippen LogP contribution in [0, 0.1) is 24.2 Å². The maximum absolute atomic E-state index is 12.2. The minimum absolute atomic E-state index is 0.0954. The first-order chi connectivity index (χ1) is 10.7. The van der Waals surface area contributed by atoms with Gasteiger partial charge in [0.2, 0.25) is 0 Å². The maximum Gasteiger partial charge on any atom is 0.310 e. The van der Waals surface area contributed by atoms with Gasteiger partial charge < -0.3 is 10.1 Å². The number of esters is 1. The van der Waals surface area contributed by atoms with E-state index in [9.17, 15) is 9.59 Å². The van der Waals surface area contributed by atoms with Gasteiger partial charge in [-0.05, 0) is 44.2 Å². The molecule has 1 aromatic carbocycles. The molecular weight excluding hydrogens is 290 g/mol. The molecule has 0 radical (unpaired) electrons. The van der Waals surface area contributed by atoms with Crippen LogP contribution in [-0.4, -0.2) is 18.5 Å². The Kier molecular flexibility index (Phi) is 4.93. The zero-order chi connectivity index (χ0) is 17.2. The number of hydrogen-bond donors (Lipinski definition) is 1. The standard InChI is InChI=1S/C19H25NO3/c1-12(2)10-15-17(19(15,4)5)18(22)23-11-16(21)20-14-8-6-13(3)7-9-14/h6-10,15,17H,11H2,1-5H3,(H,20,21). The van der Waals surface area contributed by atoms with Crippen LogP contribution < -0.4 is 5.32 Å². The Morgan fingerprint density at radius 2 is 1.83 bits per heavy atom. The number of benzene rings is 1. The summed E-state index contributed by atoms with van der Waals surface area (Å²) in [6.07, 6.45) is 2.11. The average molecular weight is 315 g/mol. The zero-order valence-corrected chi connectivity index (χ0v) is 14.5. The van der Waals surface area contributed by atoms with Crippen molar-refractivity contribution in [2.75, 3.05) is 11.9 Å². The largest absolute Gasteiger partial charge is 0.455 e. The third kappa shape index (κ3) is 4.21. The first kappa shape index (κ1) is 17.3. The minimum atomic E-state index is -0.320. The number of aryl methyl sites for hydroxylation is 1. The van der Waals surface area contributed by atoms with Gasteiger partial charge in [0.15, 0.2) is 6.61 Å². The molecule has 124 valence electrons. The van der Waals surface area contributed by atoms with Crippen molar-refractivity contribution in [3.05, 3.63) is 41.5 Å². The Balaban J connectivity index is 1.84. The summed E-state index contributed by atoms with van der Waals surface area (Å²) >= 11 is 0. The first-order valence-electron chi connectivity index (χ1n) is 7.90. The van der Waals surface area contributed by atoms with E-state index >= 15 is 0 Å². The van der Waals surface area contributed by atoms with Gasteiger partial charge in [-0.2, -0.15) is 0 Å². The molecule has 0 bridgehead atoms. The lowest BCUT2D eigenvalue weighted by molar-refractivity contribution is -0.149. The Labute approximate surface area is 137 Å². The van der Waals surface area contributed by atoms with Gasteiger partial charge in [-0.25, -0.2) is 0 Å². The highest BCUT2D eigenvalue weighted by Gasteiger charge is 2.61. The van der Waals surface area contributed by atoms with Crippen molar-refractivity contribution in [1.29, 1.82) is 0 Å². The lowest BCUT2D eigenvalue weighted by Crippen LogP contribution is -2.22. The zero-order valence-electron chi connectivity index (χ0n) is 14.5. The van der Waals surface area contributed by atoms with Crippen LogP contribution in [0.2, 0.25) is 0 Å². The number of anilines is 1. The van der Waals surface area contributed by atoms with Gasteiger partial charge in [0.25, 0.3) is 5.91 Å². The summed E-state index contributed by atoms with van der Waals surface area (Å²) in [6.45, 7) is 9.87. The van der Waals surface area contributed by atoms with Gasteiger partial charge in [0.1, 0.15) is 0 Å². The predicted molar refractivity (Wildman–Crippen MR) is 91.0 cm³/mol. The van der Waals surface area contributed by atoms with E-state index in [1.54, 1.807) is 0 Å². The monoisotopic (exact) mass is 315 g/mol. The Bertz CT molecular complexity index is 625. The second-order valence-electron chi connectivity index (χ2n) is 7.09. The quantitative estimate of drug-likeness (QED) is 0.665. The van der Waals surface area contributed by atoms with Crippen LogP contribution in [0.1, 0.15) is 33.3 Å². The molecule has 0 spiro atoms. The Morgan fingerprint density at radius 1 is 1.22 bits per heavy atom. The molecule has 1 N–H and O–H groups in total. The average Bonchev–Trinajstić information content (AvgIpc) is 2.99. The van der Waals surface area contributed by atoms with E-state index in [0.717, 1.165) is 5.56 Å². The summed E-state index contributed by atoms with van der Waals surface area (Å²) < 4.78 is 5.19. The van der Waals surface area contributed by atoms with Crippen LogP contribution in [0.3, 0.4) is 0 Å². The molecule has 4 nitrogen and oxygen atoms in total. The molecule has 1 fully saturated rings. The predicted octanol–water partition coefficient (Wildman–Crippen LogP) is 3.72. The number of amides is 1. The fourth-order valence-corrected chi connectivity index (χ4v) is 2.86. The van der Waals surface area contributed by atoms with Gasteiger partial charge in [-0.3, -0.25) is 9.59 Å². The maximum atomic E-state index is 12.2. The number of nitrogens with one attached hydrogen (secondary N) is 1. The molecule has 0 aromatic heterocycles. The highest BCUT2D eigenvalue weighted by molar-refractivity contribution is 5.93. The van der Waals surface area contributed by atoms with Crippen LogP contribution >= 0.6 is 0 Å². The molecule has 2 atom stereocenters. The number of hydrogen-bond acceptors (Lipinski definition) is 3. The SMILES string of the molecule is CC(C)=CC1C(C(=O)OCC(=O)Nc2ccc(C)cc2)C1(C)C. The van der Waals surface area contributed by atoms with Gasteiger partial charge in [0, 0.05) is 5.69 Å². The van der Waals surface area contributed by atoms with Crippen molar-refractivity contribution in [3.8, 4) is 0 Å². The van der Waals surface area contributed by atoms with E-state index in [4.69, 9.17) is 4.74 Å². The molecule has 4 heteroatoms. The number of ether oxygens (including phenoxy) is 1. The lowest BCUT2D eigenvalue weighted by atomic mass is 10.1. The third-order valence-corrected chi connectivity index (χ3v) is 4.36. The molecule has 1 amide bonds. The number of rotatable bonds is 5. The van der Waals surface area contributed by atoms with E-state index in [-0.39, 0.29) is 35.7 Å². The van der Waals surface area contributed by atoms with Crippen molar-refractivity contribution in [1.82, 2.24) is 0 Å². The van der Waals surface area contributed by atoms with Crippen LogP contribution in [0.5, 0.6) is 0 Å². The van der Waals surface area contributed by atoms with E-state index in [0.29, 0.717) is 5.69 Å². The first-order valence-corrected chi connectivity index (χ1v) is 7.90. The summed E-state index contributed by atoms with van der Waals surface area (Å²) in [5.41, 5.74) is 2.92. The molecular formula is C19H25NO3. The number of allylic oxidation sites excluding steroid dienone is 2. The van der Waals surface area contributed by atoms with E-state index < -0.39 is 0 Å². The molecule has 1 aliphatic carbocycles. The second kappa shape index (κ2) is 6.57. The molecule has 0 aliphatic heterocycles. The molecule has 1 saturated carbocycles. The lowest BCUT2D eigenvalue weighted by Gasteiger charge is -2.07. The molecule has 2 rings (SSSR count). The van der Waals surface area contributed by atoms with E-state index in [2.05, 4.69) is 25.2 Å². The molecule has 23 heavy (non-hydrogen) atoms. The highest BCUT2D eigenvalue weighted by atomic mass is 16.5. The second-order valence-corrected chi connectivity index (χ2v) is 7.09. The van der Waals surface area contributed by atoms with Crippen molar-refractivity contribution in [2.24, 2.45) is 17.3 Å². The molecule has 0 saturated heterocycles. The van der Waals surface area contributed by atoms with E-state index in [1.165, 1.54) is 5.57 Å². The van der Waals surface area contributed by atoms with Gasteiger partial charge >= 0.3 is 5.97 Å². The van der Waals surface area contributed by atoms with Crippen molar-refractivity contribution in [2.45, 2.75) is 34.6 Å². The van der Waals surface area contributed by atoms with Crippen LogP contribution in [0.15, 0.2) is 35.9 Å². The summed E-state index contributed by atoms with van der Waals surface area (Å²) in [4.78, 5) is 24.0. The van der Waals surface area contributed by atoms with Crippen molar-refractivity contribution >= 4 is 17.6 Å². The molecule has 0 heterocycles. The topological polar surface area (TPSA) is 55.4 Å². The summed E-state index contributed by atoms with van der Waals surface area (Å²) in [5, 5.41) is 2.72. The molecule has 2 unspecified atom stereocenters. The summed E-state index contributed by atoms with van der Waals surface area (Å²) in [6, 6.07) is 7.48. The molecule has 1 aliphatic rings. The van der Waals surface area contributed by atoms with Crippen LogP contribution in [0.4, 0.5) is 5.69 Å².